The Bertz CT molecular complexity index is 913. The van der Waals surface area contributed by atoms with Gasteiger partial charge in [0.15, 0.2) is 0 Å². The molecule has 0 aliphatic rings. The highest BCUT2D eigenvalue weighted by atomic mass is 16.3. The Morgan fingerprint density at radius 2 is 2.00 bits per heavy atom. The van der Waals surface area contributed by atoms with E-state index in [1.165, 1.54) is 17.0 Å². The molecule has 6 nitrogen and oxygen atoms in total. The van der Waals surface area contributed by atoms with E-state index in [1.807, 2.05) is 24.4 Å². The minimum Gasteiger partial charge on any atom is -0.385 e. The summed E-state index contributed by atoms with van der Waals surface area (Å²) in [5, 5.41) is 13.9. The van der Waals surface area contributed by atoms with Gasteiger partial charge in [0.1, 0.15) is 6.10 Å². The SMILES string of the molecule is O=C(CCCc1c[nH]c2ccccc12)NCC(O)c1cccc(=O)[nH]1. The summed E-state index contributed by atoms with van der Waals surface area (Å²) in [6.45, 7) is 0.0753. The van der Waals surface area contributed by atoms with E-state index in [0.717, 1.165) is 18.4 Å². The highest BCUT2D eigenvalue weighted by Crippen LogP contribution is 2.19. The van der Waals surface area contributed by atoms with Gasteiger partial charge in [-0.05, 0) is 30.5 Å². The van der Waals surface area contributed by atoms with Crippen LogP contribution >= 0.6 is 0 Å². The van der Waals surface area contributed by atoms with Crippen LogP contribution in [0.3, 0.4) is 0 Å². The quantitative estimate of drug-likeness (QED) is 0.530. The second-order valence-corrected chi connectivity index (χ2v) is 6.00. The lowest BCUT2D eigenvalue weighted by molar-refractivity contribution is -0.121. The third-order valence-corrected chi connectivity index (χ3v) is 4.17. The lowest BCUT2D eigenvalue weighted by Gasteiger charge is -2.11. The zero-order chi connectivity index (χ0) is 17.6. The number of aryl methyl sites for hydroxylation is 1. The number of benzene rings is 1. The van der Waals surface area contributed by atoms with Gasteiger partial charge in [0.2, 0.25) is 11.5 Å². The van der Waals surface area contributed by atoms with Crippen LogP contribution in [0.25, 0.3) is 10.9 Å². The van der Waals surface area contributed by atoms with Crippen molar-refractivity contribution in [2.24, 2.45) is 0 Å². The summed E-state index contributed by atoms with van der Waals surface area (Å²) in [6, 6.07) is 12.7. The van der Waals surface area contributed by atoms with Crippen LogP contribution in [-0.2, 0) is 11.2 Å². The molecule has 0 saturated carbocycles. The summed E-state index contributed by atoms with van der Waals surface area (Å²) in [4.78, 5) is 28.9. The molecule has 0 aliphatic carbocycles. The zero-order valence-electron chi connectivity index (χ0n) is 13.8. The van der Waals surface area contributed by atoms with Gasteiger partial charge in [-0.2, -0.15) is 0 Å². The van der Waals surface area contributed by atoms with E-state index in [0.29, 0.717) is 12.1 Å². The second-order valence-electron chi connectivity index (χ2n) is 6.00. The molecule has 0 spiro atoms. The topological polar surface area (TPSA) is 98.0 Å². The normalized spacial score (nSPS) is 12.2. The number of hydrogen-bond donors (Lipinski definition) is 4. The van der Waals surface area contributed by atoms with Gasteiger partial charge in [-0.3, -0.25) is 9.59 Å². The number of para-hydroxylation sites is 1. The van der Waals surface area contributed by atoms with E-state index in [4.69, 9.17) is 0 Å². The number of aliphatic hydroxyl groups excluding tert-OH is 1. The van der Waals surface area contributed by atoms with Crippen LogP contribution in [0, 0.1) is 0 Å². The molecule has 6 heteroatoms. The summed E-state index contributed by atoms with van der Waals surface area (Å²) in [5.74, 6) is -0.114. The number of aromatic amines is 2. The van der Waals surface area contributed by atoms with Gasteiger partial charge in [-0.1, -0.05) is 24.3 Å². The first-order valence-electron chi connectivity index (χ1n) is 8.32. The molecular formula is C19H21N3O3. The molecule has 4 N–H and O–H groups in total. The Kier molecular flexibility index (Phi) is 5.30. The lowest BCUT2D eigenvalue weighted by Crippen LogP contribution is -2.29. The van der Waals surface area contributed by atoms with Crippen molar-refractivity contribution >= 4 is 16.8 Å². The van der Waals surface area contributed by atoms with Crippen molar-refractivity contribution in [2.45, 2.75) is 25.4 Å². The molecule has 1 amide bonds. The highest BCUT2D eigenvalue weighted by molar-refractivity contribution is 5.83. The number of rotatable bonds is 7. The molecule has 0 bridgehead atoms. The molecule has 0 radical (unpaired) electrons. The van der Waals surface area contributed by atoms with Crippen LogP contribution in [-0.4, -0.2) is 27.5 Å². The van der Waals surface area contributed by atoms with Crippen LogP contribution in [0.1, 0.15) is 30.2 Å². The Morgan fingerprint density at radius 3 is 2.84 bits per heavy atom. The number of hydrogen-bond acceptors (Lipinski definition) is 3. The molecule has 0 fully saturated rings. The van der Waals surface area contributed by atoms with Crippen LogP contribution in [0.4, 0.5) is 0 Å². The average molecular weight is 339 g/mol. The maximum absolute atomic E-state index is 11.9. The van der Waals surface area contributed by atoms with Crippen LogP contribution < -0.4 is 10.9 Å². The summed E-state index contributed by atoms with van der Waals surface area (Å²) in [6.07, 6.45) is 2.99. The molecule has 1 aromatic carbocycles. The van der Waals surface area contributed by atoms with Gasteiger partial charge >= 0.3 is 0 Å². The number of carbonyl (C=O) groups is 1. The smallest absolute Gasteiger partial charge is 0.248 e. The fourth-order valence-corrected chi connectivity index (χ4v) is 2.85. The molecule has 1 unspecified atom stereocenters. The number of nitrogens with one attached hydrogen (secondary N) is 3. The van der Waals surface area contributed by atoms with Gasteiger partial charge in [0.05, 0.1) is 0 Å². The van der Waals surface area contributed by atoms with E-state index >= 15 is 0 Å². The van der Waals surface area contributed by atoms with Crippen molar-refractivity contribution in [1.29, 1.82) is 0 Å². The fourth-order valence-electron chi connectivity index (χ4n) is 2.85. The van der Waals surface area contributed by atoms with E-state index in [2.05, 4.69) is 21.4 Å². The summed E-state index contributed by atoms with van der Waals surface area (Å²) in [5.41, 5.74) is 2.42. The molecule has 130 valence electrons. The van der Waals surface area contributed by atoms with Gasteiger partial charge in [0.25, 0.3) is 0 Å². The summed E-state index contributed by atoms with van der Waals surface area (Å²) >= 11 is 0. The maximum Gasteiger partial charge on any atom is 0.248 e. The number of pyridine rings is 1. The Hall–Kier alpha value is -2.86. The molecule has 0 aliphatic heterocycles. The first kappa shape index (κ1) is 17.0. The number of amides is 1. The van der Waals surface area contributed by atoms with Crippen molar-refractivity contribution in [3.63, 3.8) is 0 Å². The van der Waals surface area contributed by atoms with E-state index in [9.17, 15) is 14.7 Å². The number of aliphatic hydroxyl groups is 1. The van der Waals surface area contributed by atoms with Gasteiger partial charge in [0, 0.05) is 41.8 Å². The Morgan fingerprint density at radius 1 is 1.16 bits per heavy atom. The third-order valence-electron chi connectivity index (χ3n) is 4.17. The van der Waals surface area contributed by atoms with Gasteiger partial charge < -0.3 is 20.4 Å². The van der Waals surface area contributed by atoms with E-state index in [-0.39, 0.29) is 18.0 Å². The van der Waals surface area contributed by atoms with Crippen molar-refractivity contribution in [3.05, 3.63) is 70.3 Å². The number of fused-ring (bicyclic) bond motifs is 1. The van der Waals surface area contributed by atoms with Crippen LogP contribution in [0.2, 0.25) is 0 Å². The third kappa shape index (κ3) is 4.36. The number of carbonyl (C=O) groups excluding carboxylic acids is 1. The van der Waals surface area contributed by atoms with Crippen LogP contribution in [0.15, 0.2) is 53.5 Å². The van der Waals surface area contributed by atoms with Crippen molar-refractivity contribution < 1.29 is 9.90 Å². The molecule has 25 heavy (non-hydrogen) atoms. The Labute approximate surface area is 144 Å². The first-order valence-corrected chi connectivity index (χ1v) is 8.32. The summed E-state index contributed by atoms with van der Waals surface area (Å²) in [7, 11) is 0. The molecular weight excluding hydrogens is 318 g/mol. The molecule has 1 atom stereocenters. The molecule has 2 aromatic heterocycles. The summed E-state index contributed by atoms with van der Waals surface area (Å²) < 4.78 is 0. The van der Waals surface area contributed by atoms with Crippen LogP contribution in [0.5, 0.6) is 0 Å². The Balaban J connectivity index is 1.44. The van der Waals surface area contributed by atoms with E-state index in [1.54, 1.807) is 12.1 Å². The zero-order valence-corrected chi connectivity index (χ0v) is 13.8. The minimum absolute atomic E-state index is 0.0753. The number of H-pyrrole nitrogens is 2. The largest absolute Gasteiger partial charge is 0.385 e. The lowest BCUT2D eigenvalue weighted by atomic mass is 10.1. The van der Waals surface area contributed by atoms with Crippen molar-refractivity contribution in [2.75, 3.05) is 6.54 Å². The van der Waals surface area contributed by atoms with E-state index < -0.39 is 6.10 Å². The molecule has 0 saturated heterocycles. The molecule has 3 aromatic rings. The predicted molar refractivity (Wildman–Crippen MR) is 96.3 cm³/mol. The van der Waals surface area contributed by atoms with Gasteiger partial charge in [-0.15, -0.1) is 0 Å². The monoisotopic (exact) mass is 339 g/mol. The standard InChI is InChI=1S/C19H21N3O3/c23-17(16-8-4-10-19(25)22-16)12-21-18(24)9-3-5-13-11-20-15-7-2-1-6-14(13)15/h1-2,4,6-8,10-11,17,20,23H,3,5,9,12H2,(H,21,24)(H,22,25). The minimum atomic E-state index is -0.925. The van der Waals surface area contributed by atoms with Crippen molar-refractivity contribution in [1.82, 2.24) is 15.3 Å². The molecule has 2 heterocycles. The first-order chi connectivity index (χ1) is 12.1. The maximum atomic E-state index is 11.9. The predicted octanol–water partition coefficient (Wildman–Crippen LogP) is 2.03. The molecule has 3 rings (SSSR count). The average Bonchev–Trinajstić information content (AvgIpc) is 3.03. The highest BCUT2D eigenvalue weighted by Gasteiger charge is 2.10. The second kappa shape index (κ2) is 7.81. The fraction of sp³-hybridized carbons (Fsp3) is 0.263. The van der Waals surface area contributed by atoms with Gasteiger partial charge in [-0.25, -0.2) is 0 Å². The van der Waals surface area contributed by atoms with Crippen molar-refractivity contribution in [3.8, 4) is 0 Å². The number of aromatic nitrogens is 2.